The maximum Gasteiger partial charge on any atom is 0.229 e. The van der Waals surface area contributed by atoms with Crippen LogP contribution in [0, 0.1) is 0 Å². The van der Waals surface area contributed by atoms with Crippen LogP contribution in [0.1, 0.15) is 29.9 Å². The summed E-state index contributed by atoms with van der Waals surface area (Å²) in [7, 11) is 1.50. The molecule has 0 atom stereocenters. The number of ether oxygens (including phenoxy) is 1. The lowest BCUT2D eigenvalue weighted by Crippen LogP contribution is -2.27. The molecule has 4 nitrogen and oxygen atoms in total. The summed E-state index contributed by atoms with van der Waals surface area (Å²) in [4.78, 5) is 0. The number of benzene rings is 1. The normalized spacial score (nSPS) is 20.5. The molecule has 1 saturated carbocycles. The van der Waals surface area contributed by atoms with Crippen LogP contribution in [0.2, 0.25) is 0 Å². The zero-order valence-electron chi connectivity index (χ0n) is 9.31. The van der Waals surface area contributed by atoms with E-state index in [-0.39, 0.29) is 6.61 Å². The zero-order valence-corrected chi connectivity index (χ0v) is 9.31. The Balaban J connectivity index is 0.000000457. The summed E-state index contributed by atoms with van der Waals surface area (Å²) in [6.07, 6.45) is 2.29. The van der Waals surface area contributed by atoms with Crippen LogP contribution in [-0.2, 0) is 5.79 Å². The van der Waals surface area contributed by atoms with Gasteiger partial charge in [0.2, 0.25) is 5.79 Å². The largest absolute Gasteiger partial charge is 0.487 e. The van der Waals surface area contributed by atoms with Gasteiger partial charge in [-0.25, -0.2) is 0 Å². The molecule has 0 bridgehead atoms. The monoisotopic (exact) mass is 223 g/mol. The first-order chi connectivity index (χ1) is 7.68. The van der Waals surface area contributed by atoms with E-state index in [4.69, 9.17) is 4.74 Å². The van der Waals surface area contributed by atoms with Crippen molar-refractivity contribution in [2.75, 3.05) is 13.7 Å². The number of hydrogen-bond donors (Lipinski definition) is 3. The van der Waals surface area contributed by atoms with Gasteiger partial charge >= 0.3 is 0 Å². The van der Waals surface area contributed by atoms with E-state index in [0.29, 0.717) is 17.2 Å². The molecule has 16 heavy (non-hydrogen) atoms. The highest BCUT2D eigenvalue weighted by Crippen LogP contribution is 2.48. The van der Waals surface area contributed by atoms with Crippen LogP contribution < -0.4 is 10.5 Å². The Kier molecular flexibility index (Phi) is 2.88. The minimum absolute atomic E-state index is 0.0495. The first kappa shape index (κ1) is 11.4. The highest BCUT2D eigenvalue weighted by molar-refractivity contribution is 5.48. The minimum atomic E-state index is -1.78. The zero-order chi connectivity index (χ0) is 11.8. The molecule has 1 aliphatic heterocycles. The second-order valence-electron chi connectivity index (χ2n) is 4.10. The van der Waals surface area contributed by atoms with Crippen LogP contribution in [0.3, 0.4) is 0 Å². The van der Waals surface area contributed by atoms with Crippen molar-refractivity contribution in [2.24, 2.45) is 5.73 Å². The molecule has 1 fully saturated rings. The minimum Gasteiger partial charge on any atom is -0.487 e. The number of nitrogens with two attached hydrogens (primary N) is 1. The molecular formula is C12H17NO3. The summed E-state index contributed by atoms with van der Waals surface area (Å²) in [5.41, 5.74) is 6.13. The molecule has 1 aromatic rings. The van der Waals surface area contributed by atoms with Gasteiger partial charge < -0.3 is 20.7 Å². The lowest BCUT2D eigenvalue weighted by atomic mass is 9.97. The van der Waals surface area contributed by atoms with Crippen LogP contribution >= 0.6 is 0 Å². The Hall–Kier alpha value is -1.10. The first-order valence-electron chi connectivity index (χ1n) is 5.47. The summed E-state index contributed by atoms with van der Waals surface area (Å²) in [6.45, 7) is -0.0495. The van der Waals surface area contributed by atoms with Gasteiger partial charge in [-0.05, 0) is 37.4 Å². The third kappa shape index (κ3) is 1.80. The molecule has 2 aliphatic rings. The van der Waals surface area contributed by atoms with Gasteiger partial charge in [-0.3, -0.25) is 0 Å². The van der Waals surface area contributed by atoms with E-state index in [2.05, 4.69) is 5.73 Å². The van der Waals surface area contributed by atoms with Crippen LogP contribution in [0.25, 0.3) is 0 Å². The van der Waals surface area contributed by atoms with Crippen LogP contribution in [0.15, 0.2) is 18.2 Å². The topological polar surface area (TPSA) is 75.7 Å². The number of aliphatic hydroxyl groups is 2. The third-order valence-electron chi connectivity index (χ3n) is 2.90. The van der Waals surface area contributed by atoms with E-state index in [0.717, 1.165) is 18.4 Å². The molecule has 0 spiro atoms. The Morgan fingerprint density at radius 1 is 1.31 bits per heavy atom. The van der Waals surface area contributed by atoms with Crippen molar-refractivity contribution in [3.63, 3.8) is 0 Å². The van der Waals surface area contributed by atoms with Gasteiger partial charge in [0.1, 0.15) is 12.4 Å². The average molecular weight is 223 g/mol. The second-order valence-corrected chi connectivity index (χ2v) is 4.10. The molecule has 0 unspecified atom stereocenters. The van der Waals surface area contributed by atoms with Crippen molar-refractivity contribution in [1.82, 2.24) is 0 Å². The fraction of sp³-hybridized carbons (Fsp3) is 0.500. The van der Waals surface area contributed by atoms with Crippen molar-refractivity contribution in [3.05, 3.63) is 29.3 Å². The molecule has 0 radical (unpaired) electrons. The van der Waals surface area contributed by atoms with Crippen LogP contribution in [0.4, 0.5) is 0 Å². The standard InChI is InChI=1S/C11H12O3.CH5N/c12-11(13)6-14-9-3-1-2-8(10(9)11)7-4-5-7;1-2/h1-3,7,12-13H,4-6H2;2H2,1H3. The maximum absolute atomic E-state index is 9.73. The molecule has 1 aromatic carbocycles. The third-order valence-corrected chi connectivity index (χ3v) is 2.90. The number of fused-ring (bicyclic) bond motifs is 1. The van der Waals surface area contributed by atoms with Gasteiger partial charge in [-0.2, -0.15) is 0 Å². The molecule has 0 aromatic heterocycles. The molecule has 88 valence electrons. The van der Waals surface area contributed by atoms with E-state index >= 15 is 0 Å². The van der Waals surface area contributed by atoms with Gasteiger partial charge in [0.05, 0.1) is 5.56 Å². The second kappa shape index (κ2) is 4.05. The van der Waals surface area contributed by atoms with E-state index in [1.807, 2.05) is 12.1 Å². The van der Waals surface area contributed by atoms with E-state index in [1.54, 1.807) is 6.07 Å². The van der Waals surface area contributed by atoms with Crippen molar-refractivity contribution in [2.45, 2.75) is 24.5 Å². The SMILES string of the molecule is CN.OC1(O)COc2cccc(C3CC3)c21. The fourth-order valence-electron chi connectivity index (χ4n) is 2.08. The Morgan fingerprint density at radius 2 is 2.00 bits per heavy atom. The Labute approximate surface area is 94.7 Å². The summed E-state index contributed by atoms with van der Waals surface area (Å²) >= 11 is 0. The number of rotatable bonds is 1. The van der Waals surface area contributed by atoms with Gasteiger partial charge in [0, 0.05) is 0 Å². The summed E-state index contributed by atoms with van der Waals surface area (Å²) in [5, 5.41) is 19.5. The predicted octanol–water partition coefficient (Wildman–Crippen LogP) is 0.669. The van der Waals surface area contributed by atoms with Gasteiger partial charge in [0.25, 0.3) is 0 Å². The lowest BCUT2D eigenvalue weighted by molar-refractivity contribution is -0.174. The van der Waals surface area contributed by atoms with Crippen molar-refractivity contribution >= 4 is 0 Å². The van der Waals surface area contributed by atoms with E-state index < -0.39 is 5.79 Å². The molecule has 1 heterocycles. The van der Waals surface area contributed by atoms with Crippen LogP contribution in [-0.4, -0.2) is 23.9 Å². The summed E-state index contributed by atoms with van der Waals surface area (Å²) < 4.78 is 5.23. The molecule has 1 aliphatic carbocycles. The molecule has 4 N–H and O–H groups in total. The van der Waals surface area contributed by atoms with E-state index in [1.165, 1.54) is 7.05 Å². The average Bonchev–Trinajstić information content (AvgIpc) is 3.08. The lowest BCUT2D eigenvalue weighted by Gasteiger charge is -2.16. The molecule has 4 heteroatoms. The maximum atomic E-state index is 9.73. The van der Waals surface area contributed by atoms with Crippen LogP contribution in [0.5, 0.6) is 5.75 Å². The predicted molar refractivity (Wildman–Crippen MR) is 60.1 cm³/mol. The van der Waals surface area contributed by atoms with Gasteiger partial charge in [-0.15, -0.1) is 0 Å². The highest BCUT2D eigenvalue weighted by Gasteiger charge is 2.41. The van der Waals surface area contributed by atoms with Crippen molar-refractivity contribution < 1.29 is 14.9 Å². The first-order valence-corrected chi connectivity index (χ1v) is 5.47. The fourth-order valence-corrected chi connectivity index (χ4v) is 2.08. The molecular weight excluding hydrogens is 206 g/mol. The Morgan fingerprint density at radius 3 is 2.62 bits per heavy atom. The smallest absolute Gasteiger partial charge is 0.229 e. The van der Waals surface area contributed by atoms with Gasteiger partial charge in [-0.1, -0.05) is 12.1 Å². The highest BCUT2D eigenvalue weighted by atomic mass is 16.6. The summed E-state index contributed by atoms with van der Waals surface area (Å²) in [6, 6.07) is 5.66. The van der Waals surface area contributed by atoms with E-state index in [9.17, 15) is 10.2 Å². The molecule has 3 rings (SSSR count). The molecule has 0 amide bonds. The summed E-state index contributed by atoms with van der Waals surface area (Å²) in [5.74, 6) is -0.654. The van der Waals surface area contributed by atoms with Crippen molar-refractivity contribution in [3.8, 4) is 5.75 Å². The van der Waals surface area contributed by atoms with Crippen molar-refractivity contribution in [1.29, 1.82) is 0 Å². The number of hydrogen-bond acceptors (Lipinski definition) is 4. The molecule has 0 saturated heterocycles. The van der Waals surface area contributed by atoms with Gasteiger partial charge in [0.15, 0.2) is 0 Å². The Bertz CT molecular complexity index is 386. The quantitative estimate of drug-likeness (QED) is 0.612.